The lowest BCUT2D eigenvalue weighted by Crippen LogP contribution is -2.49. The number of ether oxygens (including phenoxy) is 1. The van der Waals surface area contributed by atoms with Crippen LogP contribution >= 0.6 is 11.8 Å². The Labute approximate surface area is 189 Å². The van der Waals surface area contributed by atoms with Crippen LogP contribution in [0, 0.1) is 11.3 Å². The van der Waals surface area contributed by atoms with Crippen molar-refractivity contribution in [2.45, 2.75) is 59.9 Å². The highest BCUT2D eigenvalue weighted by atomic mass is 32.2. The van der Waals surface area contributed by atoms with Gasteiger partial charge < -0.3 is 25.8 Å². The van der Waals surface area contributed by atoms with E-state index in [4.69, 9.17) is 9.84 Å². The fourth-order valence-corrected chi connectivity index (χ4v) is 3.52. The van der Waals surface area contributed by atoms with Crippen LogP contribution < -0.4 is 16.0 Å². The summed E-state index contributed by atoms with van der Waals surface area (Å²) in [5, 5.41) is 16.7. The van der Waals surface area contributed by atoms with Crippen LogP contribution in [0.3, 0.4) is 0 Å². The van der Waals surface area contributed by atoms with Crippen LogP contribution in [0.5, 0.6) is 0 Å². The van der Waals surface area contributed by atoms with Gasteiger partial charge in [0.25, 0.3) is 0 Å². The van der Waals surface area contributed by atoms with Crippen molar-refractivity contribution < 1.29 is 29.0 Å². The Bertz CT molecular complexity index is 578. The minimum absolute atomic E-state index is 0.0100. The van der Waals surface area contributed by atoms with Crippen LogP contribution in [-0.2, 0) is 23.9 Å². The van der Waals surface area contributed by atoms with E-state index in [1.54, 1.807) is 11.8 Å². The summed E-state index contributed by atoms with van der Waals surface area (Å²) >= 11 is 1.56. The maximum Gasteiger partial charge on any atom is 0.305 e. The smallest absolute Gasteiger partial charge is 0.305 e. The van der Waals surface area contributed by atoms with Crippen molar-refractivity contribution >= 4 is 35.5 Å². The predicted molar refractivity (Wildman–Crippen MR) is 122 cm³/mol. The second-order valence-corrected chi connectivity index (χ2v) is 9.97. The van der Waals surface area contributed by atoms with Crippen LogP contribution in [0.25, 0.3) is 0 Å². The topological polar surface area (TPSA) is 134 Å². The zero-order valence-electron chi connectivity index (χ0n) is 19.4. The summed E-state index contributed by atoms with van der Waals surface area (Å²) in [4.78, 5) is 46.7. The lowest BCUT2D eigenvalue weighted by atomic mass is 10.0. The molecule has 0 unspecified atom stereocenters. The van der Waals surface area contributed by atoms with Gasteiger partial charge in [0.2, 0.25) is 17.7 Å². The molecule has 0 aliphatic rings. The third-order valence-corrected chi connectivity index (χ3v) is 5.38. The van der Waals surface area contributed by atoms with Crippen molar-refractivity contribution in [2.24, 2.45) is 11.3 Å². The summed E-state index contributed by atoms with van der Waals surface area (Å²) in [6.45, 7) is 11.1. The molecule has 0 aromatic rings. The van der Waals surface area contributed by atoms with Gasteiger partial charge in [-0.1, -0.05) is 34.6 Å². The van der Waals surface area contributed by atoms with Crippen LogP contribution in [-0.4, -0.2) is 72.6 Å². The molecule has 31 heavy (non-hydrogen) atoms. The number of rotatable bonds is 16. The summed E-state index contributed by atoms with van der Waals surface area (Å²) in [6, 6.07) is -0.746. The first-order chi connectivity index (χ1) is 14.4. The average Bonchev–Trinajstić information content (AvgIpc) is 2.61. The molecule has 0 bridgehead atoms. The molecular formula is C21H39N3O6S. The Hall–Kier alpha value is -1.81. The van der Waals surface area contributed by atoms with Crippen molar-refractivity contribution in [3.63, 3.8) is 0 Å². The summed E-state index contributed by atoms with van der Waals surface area (Å²) in [5.41, 5.74) is 0.0808. The quantitative estimate of drug-likeness (QED) is 0.255. The number of aliphatic carboxylic acids is 1. The van der Waals surface area contributed by atoms with Crippen molar-refractivity contribution in [1.29, 1.82) is 0 Å². The van der Waals surface area contributed by atoms with Gasteiger partial charge in [-0.3, -0.25) is 19.2 Å². The molecule has 0 aliphatic carbocycles. The fourth-order valence-electron chi connectivity index (χ4n) is 2.32. The Morgan fingerprint density at radius 2 is 1.65 bits per heavy atom. The van der Waals surface area contributed by atoms with Crippen molar-refractivity contribution in [3.05, 3.63) is 0 Å². The molecule has 0 fully saturated rings. The molecule has 0 rings (SSSR count). The second-order valence-electron chi connectivity index (χ2n) is 8.94. The first kappa shape index (κ1) is 29.2. The van der Waals surface area contributed by atoms with Crippen LogP contribution in [0.1, 0.15) is 53.9 Å². The highest BCUT2D eigenvalue weighted by Gasteiger charge is 2.22. The molecule has 0 saturated heterocycles. The zero-order valence-corrected chi connectivity index (χ0v) is 20.2. The molecule has 0 aromatic carbocycles. The molecule has 3 amide bonds. The number of amides is 3. The number of carbonyl (C=O) groups is 4. The first-order valence-corrected chi connectivity index (χ1v) is 11.8. The van der Waals surface area contributed by atoms with E-state index in [9.17, 15) is 19.2 Å². The molecule has 0 aliphatic heterocycles. The lowest BCUT2D eigenvalue weighted by molar-refractivity contribution is -0.137. The standard InChI is InChI=1S/C21H39N3O6S/c1-15(2)12-18(26)22-9-11-30-10-7-17(25)24-16(13-31-14-21(3,4)5)20(29)23-8-6-19(27)28/h15-16H,6-14H2,1-5H3,(H,22,26)(H,23,29)(H,24,25)(H,27,28)/t16-/m0/s1. The number of nitrogens with one attached hydrogen (secondary N) is 3. The number of thioether (sulfide) groups is 1. The van der Waals surface area contributed by atoms with E-state index in [0.717, 1.165) is 5.75 Å². The number of hydrogen-bond donors (Lipinski definition) is 4. The van der Waals surface area contributed by atoms with Gasteiger partial charge in [0.05, 0.1) is 19.6 Å². The van der Waals surface area contributed by atoms with E-state index in [1.165, 1.54) is 0 Å². The molecule has 4 N–H and O–H groups in total. The Morgan fingerprint density at radius 3 is 2.23 bits per heavy atom. The zero-order chi connectivity index (χ0) is 23.9. The summed E-state index contributed by atoms with van der Waals surface area (Å²) in [6.07, 6.45) is 0.372. The molecule has 0 radical (unpaired) electrons. The number of hydrogen-bond acceptors (Lipinski definition) is 6. The van der Waals surface area contributed by atoms with E-state index in [1.807, 2.05) is 13.8 Å². The molecule has 0 heterocycles. The van der Waals surface area contributed by atoms with Crippen molar-refractivity contribution in [2.75, 3.05) is 37.8 Å². The maximum absolute atomic E-state index is 12.4. The predicted octanol–water partition coefficient (Wildman–Crippen LogP) is 1.41. The minimum Gasteiger partial charge on any atom is -0.481 e. The van der Waals surface area contributed by atoms with Crippen LogP contribution in [0.2, 0.25) is 0 Å². The molecule has 0 aromatic heterocycles. The summed E-state index contributed by atoms with van der Waals surface area (Å²) in [5.74, 6) is -0.247. The molecule has 9 nitrogen and oxygen atoms in total. The van der Waals surface area contributed by atoms with E-state index < -0.39 is 17.9 Å². The Morgan fingerprint density at radius 1 is 0.968 bits per heavy atom. The van der Waals surface area contributed by atoms with E-state index in [2.05, 4.69) is 36.7 Å². The van der Waals surface area contributed by atoms with Gasteiger partial charge in [0.1, 0.15) is 6.04 Å². The van der Waals surface area contributed by atoms with Gasteiger partial charge in [-0.05, 0) is 17.1 Å². The van der Waals surface area contributed by atoms with Gasteiger partial charge >= 0.3 is 5.97 Å². The maximum atomic E-state index is 12.4. The molecule has 180 valence electrons. The molecule has 1 atom stereocenters. The normalized spacial score (nSPS) is 12.3. The van der Waals surface area contributed by atoms with E-state index in [-0.39, 0.29) is 43.2 Å². The SMILES string of the molecule is CC(C)CC(=O)NCCOCCC(=O)N[C@@H](CSCC(C)(C)C)C(=O)NCCC(=O)O. The Balaban J connectivity index is 4.33. The highest BCUT2D eigenvalue weighted by Crippen LogP contribution is 2.20. The van der Waals surface area contributed by atoms with Gasteiger partial charge in [0.15, 0.2) is 0 Å². The monoisotopic (exact) mass is 461 g/mol. The van der Waals surface area contributed by atoms with Crippen LogP contribution in [0.15, 0.2) is 0 Å². The van der Waals surface area contributed by atoms with Crippen molar-refractivity contribution in [1.82, 2.24) is 16.0 Å². The molecule has 0 saturated carbocycles. The number of carboxylic acid groups (broad SMARTS) is 1. The third kappa shape index (κ3) is 18.7. The third-order valence-electron chi connectivity index (χ3n) is 3.75. The van der Waals surface area contributed by atoms with Crippen LogP contribution in [0.4, 0.5) is 0 Å². The van der Waals surface area contributed by atoms with Gasteiger partial charge in [-0.15, -0.1) is 0 Å². The van der Waals surface area contributed by atoms with E-state index in [0.29, 0.717) is 31.2 Å². The van der Waals surface area contributed by atoms with E-state index >= 15 is 0 Å². The largest absolute Gasteiger partial charge is 0.481 e. The first-order valence-electron chi connectivity index (χ1n) is 10.6. The molecular weight excluding hydrogens is 422 g/mol. The number of carboxylic acids is 1. The van der Waals surface area contributed by atoms with Gasteiger partial charge in [0, 0.05) is 31.7 Å². The summed E-state index contributed by atoms with van der Waals surface area (Å²) < 4.78 is 5.37. The lowest BCUT2D eigenvalue weighted by Gasteiger charge is -2.21. The minimum atomic E-state index is -1.000. The van der Waals surface area contributed by atoms with Gasteiger partial charge in [-0.25, -0.2) is 0 Å². The average molecular weight is 462 g/mol. The van der Waals surface area contributed by atoms with Gasteiger partial charge in [-0.2, -0.15) is 11.8 Å². The number of carbonyl (C=O) groups excluding carboxylic acids is 3. The molecule has 0 spiro atoms. The fraction of sp³-hybridized carbons (Fsp3) is 0.810. The summed E-state index contributed by atoms with van der Waals surface area (Å²) in [7, 11) is 0. The van der Waals surface area contributed by atoms with Crippen molar-refractivity contribution in [3.8, 4) is 0 Å². The second kappa shape index (κ2) is 15.9. The highest BCUT2D eigenvalue weighted by molar-refractivity contribution is 7.99. The molecule has 10 heteroatoms. The Kier molecular flexibility index (Phi) is 15.0.